The predicted octanol–water partition coefficient (Wildman–Crippen LogP) is 1.24. The molecule has 4 rings (SSSR count). The van der Waals surface area contributed by atoms with Crippen LogP contribution in [0.5, 0.6) is 0 Å². The number of piperidine rings is 1. The standard InChI is InChI=1S/C15H20N2O2/c18-14-12-10-4-5-11(8-10)13(12)15(19)17(14)9-16-6-2-1-3-7-16/h4-5,10-13H,1-3,6-9H2/t10-,11+,12+,13-. The summed E-state index contributed by atoms with van der Waals surface area (Å²) in [4.78, 5) is 28.8. The first-order valence-corrected chi connectivity index (χ1v) is 7.51. The first-order chi connectivity index (χ1) is 9.25. The minimum atomic E-state index is -0.0349. The summed E-state index contributed by atoms with van der Waals surface area (Å²) in [6.07, 6.45) is 8.98. The van der Waals surface area contributed by atoms with Gasteiger partial charge < -0.3 is 0 Å². The van der Waals surface area contributed by atoms with Gasteiger partial charge in [0.15, 0.2) is 0 Å². The summed E-state index contributed by atoms with van der Waals surface area (Å²) in [6.45, 7) is 2.58. The van der Waals surface area contributed by atoms with Gasteiger partial charge in [0.25, 0.3) is 0 Å². The number of rotatable bonds is 2. The van der Waals surface area contributed by atoms with Gasteiger partial charge >= 0.3 is 0 Å². The molecule has 0 spiro atoms. The highest BCUT2D eigenvalue weighted by Gasteiger charge is 2.59. The fraction of sp³-hybridized carbons (Fsp3) is 0.733. The lowest BCUT2D eigenvalue weighted by Crippen LogP contribution is -2.44. The second-order valence-electron chi connectivity index (χ2n) is 6.42. The van der Waals surface area contributed by atoms with E-state index in [1.807, 2.05) is 0 Å². The zero-order valence-corrected chi connectivity index (χ0v) is 11.1. The zero-order chi connectivity index (χ0) is 13.0. The van der Waals surface area contributed by atoms with Crippen LogP contribution < -0.4 is 0 Å². The largest absolute Gasteiger partial charge is 0.286 e. The van der Waals surface area contributed by atoms with Crippen LogP contribution in [-0.4, -0.2) is 41.4 Å². The molecule has 0 aromatic rings. The van der Waals surface area contributed by atoms with E-state index in [0.29, 0.717) is 18.5 Å². The van der Waals surface area contributed by atoms with Gasteiger partial charge in [-0.15, -0.1) is 0 Å². The van der Waals surface area contributed by atoms with Gasteiger partial charge in [-0.3, -0.25) is 19.4 Å². The molecule has 4 aliphatic rings. The zero-order valence-electron chi connectivity index (χ0n) is 11.1. The molecule has 2 aliphatic heterocycles. The number of likely N-dealkylation sites (tertiary alicyclic amines) is 2. The van der Waals surface area contributed by atoms with E-state index in [0.717, 1.165) is 19.5 Å². The van der Waals surface area contributed by atoms with E-state index < -0.39 is 0 Å². The van der Waals surface area contributed by atoms with E-state index in [1.165, 1.54) is 19.3 Å². The van der Waals surface area contributed by atoms with Crippen molar-refractivity contribution in [2.24, 2.45) is 23.7 Å². The monoisotopic (exact) mass is 260 g/mol. The van der Waals surface area contributed by atoms with Crippen molar-refractivity contribution in [1.82, 2.24) is 9.80 Å². The molecular formula is C15H20N2O2. The highest BCUT2D eigenvalue weighted by atomic mass is 16.2. The molecule has 0 N–H and O–H groups in total. The fourth-order valence-corrected chi connectivity index (χ4v) is 4.40. The van der Waals surface area contributed by atoms with Gasteiger partial charge in [-0.05, 0) is 44.2 Å². The van der Waals surface area contributed by atoms with Crippen molar-refractivity contribution in [2.45, 2.75) is 25.7 Å². The van der Waals surface area contributed by atoms with Crippen LogP contribution in [0, 0.1) is 23.7 Å². The Bertz CT molecular complexity index is 423. The Morgan fingerprint density at radius 3 is 2.11 bits per heavy atom. The van der Waals surface area contributed by atoms with Gasteiger partial charge in [0.2, 0.25) is 11.8 Å². The van der Waals surface area contributed by atoms with Gasteiger partial charge in [-0.1, -0.05) is 18.6 Å². The Morgan fingerprint density at radius 1 is 0.947 bits per heavy atom. The maximum atomic E-state index is 12.5. The number of hydrogen-bond acceptors (Lipinski definition) is 3. The van der Waals surface area contributed by atoms with Crippen molar-refractivity contribution in [3.63, 3.8) is 0 Å². The first-order valence-electron chi connectivity index (χ1n) is 7.51. The summed E-state index contributed by atoms with van der Waals surface area (Å²) in [6, 6.07) is 0. The molecular weight excluding hydrogens is 240 g/mol. The molecule has 2 amide bonds. The average Bonchev–Trinajstić information content (AvgIpc) is 3.10. The Kier molecular flexibility index (Phi) is 2.56. The molecule has 1 saturated carbocycles. The molecule has 102 valence electrons. The molecule has 0 aromatic heterocycles. The predicted molar refractivity (Wildman–Crippen MR) is 69.9 cm³/mol. The molecule has 2 aliphatic carbocycles. The first kappa shape index (κ1) is 11.6. The van der Waals surface area contributed by atoms with Crippen LogP contribution >= 0.6 is 0 Å². The number of hydrogen-bond donors (Lipinski definition) is 0. The highest BCUT2D eigenvalue weighted by molar-refractivity contribution is 6.06. The Labute approximate surface area is 113 Å². The number of nitrogens with zero attached hydrogens (tertiary/aromatic N) is 2. The number of amides is 2. The number of imide groups is 1. The van der Waals surface area contributed by atoms with Gasteiger partial charge in [0.05, 0.1) is 18.5 Å². The summed E-state index contributed by atoms with van der Waals surface area (Å²) in [5, 5.41) is 0. The van der Waals surface area contributed by atoms with Crippen LogP contribution in [0.15, 0.2) is 12.2 Å². The van der Waals surface area contributed by atoms with Gasteiger partial charge in [-0.2, -0.15) is 0 Å². The summed E-state index contributed by atoms with van der Waals surface area (Å²) in [7, 11) is 0. The van der Waals surface area contributed by atoms with Crippen LogP contribution in [0.1, 0.15) is 25.7 Å². The number of carbonyl (C=O) groups is 2. The average molecular weight is 260 g/mol. The summed E-state index contributed by atoms with van der Waals surface area (Å²) in [5.74, 6) is 0.782. The van der Waals surface area contributed by atoms with Crippen LogP contribution in [0.4, 0.5) is 0 Å². The van der Waals surface area contributed by atoms with E-state index in [4.69, 9.17) is 0 Å². The van der Waals surface area contributed by atoms with Crippen molar-refractivity contribution < 1.29 is 9.59 Å². The lowest BCUT2D eigenvalue weighted by molar-refractivity contribution is -0.143. The van der Waals surface area contributed by atoms with E-state index in [2.05, 4.69) is 17.1 Å². The Hall–Kier alpha value is -1.16. The fourth-order valence-electron chi connectivity index (χ4n) is 4.40. The molecule has 0 unspecified atom stereocenters. The molecule has 0 aromatic carbocycles. The Balaban J connectivity index is 1.52. The van der Waals surface area contributed by atoms with Crippen LogP contribution in [0.25, 0.3) is 0 Å². The van der Waals surface area contributed by atoms with Crippen molar-refractivity contribution in [2.75, 3.05) is 19.8 Å². The minimum Gasteiger partial charge on any atom is -0.286 e. The normalized spacial score (nSPS) is 41.4. The van der Waals surface area contributed by atoms with E-state index in [9.17, 15) is 9.59 Å². The van der Waals surface area contributed by atoms with Crippen molar-refractivity contribution in [3.8, 4) is 0 Å². The molecule has 4 nitrogen and oxygen atoms in total. The molecule has 3 fully saturated rings. The second-order valence-corrected chi connectivity index (χ2v) is 6.42. The quantitative estimate of drug-likeness (QED) is 0.554. The maximum Gasteiger partial charge on any atom is 0.234 e. The van der Waals surface area contributed by atoms with Gasteiger partial charge in [0.1, 0.15) is 0 Å². The third kappa shape index (κ3) is 1.62. The van der Waals surface area contributed by atoms with E-state index >= 15 is 0 Å². The highest BCUT2D eigenvalue weighted by Crippen LogP contribution is 2.52. The summed E-state index contributed by atoms with van der Waals surface area (Å²) in [5.41, 5.74) is 0. The number of carbonyl (C=O) groups excluding carboxylic acids is 2. The topological polar surface area (TPSA) is 40.6 Å². The Morgan fingerprint density at radius 2 is 1.53 bits per heavy atom. The third-order valence-corrected chi connectivity index (χ3v) is 5.35. The van der Waals surface area contributed by atoms with E-state index in [-0.39, 0.29) is 23.7 Å². The molecule has 2 heterocycles. The molecule has 2 saturated heterocycles. The van der Waals surface area contributed by atoms with Gasteiger partial charge in [0, 0.05) is 0 Å². The minimum absolute atomic E-state index is 0.0349. The van der Waals surface area contributed by atoms with Crippen molar-refractivity contribution in [3.05, 3.63) is 12.2 Å². The summed E-state index contributed by atoms with van der Waals surface area (Å²) >= 11 is 0. The molecule has 4 atom stereocenters. The smallest absolute Gasteiger partial charge is 0.234 e. The number of allylic oxidation sites excluding steroid dienone is 2. The molecule has 2 bridgehead atoms. The molecule has 4 heteroatoms. The van der Waals surface area contributed by atoms with Crippen LogP contribution in [0.2, 0.25) is 0 Å². The second kappa shape index (κ2) is 4.17. The lowest BCUT2D eigenvalue weighted by atomic mass is 9.85. The van der Waals surface area contributed by atoms with Crippen LogP contribution in [-0.2, 0) is 9.59 Å². The third-order valence-electron chi connectivity index (χ3n) is 5.35. The van der Waals surface area contributed by atoms with Gasteiger partial charge in [-0.25, -0.2) is 0 Å². The summed E-state index contributed by atoms with van der Waals surface area (Å²) < 4.78 is 0. The van der Waals surface area contributed by atoms with Crippen LogP contribution in [0.3, 0.4) is 0 Å². The van der Waals surface area contributed by atoms with Crippen molar-refractivity contribution in [1.29, 1.82) is 0 Å². The van der Waals surface area contributed by atoms with E-state index in [1.54, 1.807) is 4.90 Å². The van der Waals surface area contributed by atoms with Crippen molar-refractivity contribution >= 4 is 11.8 Å². The SMILES string of the molecule is O=C1[C@@H]2[C@H](C(=O)N1CN1CCCCC1)[C@H]1C=C[C@@H]2C1. The molecule has 19 heavy (non-hydrogen) atoms. The lowest BCUT2D eigenvalue weighted by Gasteiger charge is -2.30. The molecule has 0 radical (unpaired) electrons. The number of fused-ring (bicyclic) bond motifs is 5. The maximum absolute atomic E-state index is 12.5.